The lowest BCUT2D eigenvalue weighted by Crippen LogP contribution is -2.27. The molecule has 0 saturated carbocycles. The number of hydrogen-bond acceptors (Lipinski definition) is 7. The molecule has 3 rings (SSSR count). The van der Waals surface area contributed by atoms with Gasteiger partial charge in [-0.05, 0) is 36.7 Å². The van der Waals surface area contributed by atoms with Crippen LogP contribution in [-0.4, -0.2) is 41.1 Å². The molecule has 9 nitrogen and oxygen atoms in total. The van der Waals surface area contributed by atoms with Crippen molar-refractivity contribution in [3.8, 4) is 0 Å². The molecule has 120 valence electrons. The minimum Gasteiger partial charge on any atom is -0.442 e. The summed E-state index contributed by atoms with van der Waals surface area (Å²) >= 11 is 3.31. The highest BCUT2D eigenvalue weighted by atomic mass is 79.9. The molecular weight excluding hydrogens is 366 g/mol. The number of carbonyl (C=O) groups is 1. The third-order valence-corrected chi connectivity index (χ3v) is 3.04. The van der Waals surface area contributed by atoms with Gasteiger partial charge in [0.1, 0.15) is 16.5 Å². The van der Waals surface area contributed by atoms with Crippen LogP contribution in [0.5, 0.6) is 0 Å². The maximum atomic E-state index is 12.0. The first-order valence-corrected chi connectivity index (χ1v) is 7.52. The maximum Gasteiger partial charge on any atom is 0.435 e. The summed E-state index contributed by atoms with van der Waals surface area (Å²) in [7, 11) is 0. The fourth-order valence-electron chi connectivity index (χ4n) is 1.82. The Morgan fingerprint density at radius 1 is 1.30 bits per heavy atom. The summed E-state index contributed by atoms with van der Waals surface area (Å²) in [5.74, 6) is 0.487. The fraction of sp³-hybridized carbons (Fsp3) is 0.308. The second-order valence-electron chi connectivity index (χ2n) is 5.72. The first kappa shape index (κ1) is 15.4. The Kier molecular flexibility index (Phi) is 3.76. The molecule has 3 heterocycles. The van der Waals surface area contributed by atoms with Crippen molar-refractivity contribution in [1.29, 1.82) is 0 Å². The van der Waals surface area contributed by atoms with E-state index in [0.717, 1.165) is 4.68 Å². The van der Waals surface area contributed by atoms with Crippen LogP contribution < -0.4 is 5.32 Å². The molecule has 1 N–H and O–H groups in total. The van der Waals surface area contributed by atoms with E-state index in [1.165, 1.54) is 18.7 Å². The van der Waals surface area contributed by atoms with Crippen LogP contribution >= 0.6 is 15.9 Å². The van der Waals surface area contributed by atoms with Crippen molar-refractivity contribution >= 4 is 39.2 Å². The Hall–Kier alpha value is -2.49. The van der Waals surface area contributed by atoms with Crippen molar-refractivity contribution < 1.29 is 9.53 Å². The lowest BCUT2D eigenvalue weighted by atomic mass is 10.2. The molecule has 0 atom stereocenters. The third-order valence-electron chi connectivity index (χ3n) is 2.66. The van der Waals surface area contributed by atoms with E-state index in [1.54, 1.807) is 31.5 Å². The van der Waals surface area contributed by atoms with Gasteiger partial charge in [-0.15, -0.1) is 0 Å². The first-order valence-electron chi connectivity index (χ1n) is 6.73. The molecule has 0 bridgehead atoms. The van der Waals surface area contributed by atoms with Crippen LogP contribution in [0.3, 0.4) is 0 Å². The summed E-state index contributed by atoms with van der Waals surface area (Å²) in [4.78, 5) is 20.4. The summed E-state index contributed by atoms with van der Waals surface area (Å²) in [6, 6.07) is 0. The number of rotatable bonds is 2. The zero-order valence-electron chi connectivity index (χ0n) is 12.7. The second kappa shape index (κ2) is 5.61. The molecule has 0 aliphatic heterocycles. The molecular formula is C13H14BrN7O2. The molecule has 23 heavy (non-hydrogen) atoms. The molecule has 0 fully saturated rings. The Morgan fingerprint density at radius 3 is 2.83 bits per heavy atom. The third kappa shape index (κ3) is 3.47. The monoisotopic (exact) mass is 379 g/mol. The molecule has 0 saturated heterocycles. The zero-order valence-corrected chi connectivity index (χ0v) is 14.3. The van der Waals surface area contributed by atoms with Gasteiger partial charge in [0.05, 0.1) is 24.3 Å². The Bertz CT molecular complexity index is 865. The van der Waals surface area contributed by atoms with E-state index in [1.807, 2.05) is 0 Å². The molecule has 0 aliphatic carbocycles. The normalized spacial score (nSPS) is 11.7. The Morgan fingerprint density at radius 2 is 2.09 bits per heavy atom. The van der Waals surface area contributed by atoms with Crippen molar-refractivity contribution in [2.75, 3.05) is 5.32 Å². The quantitative estimate of drug-likeness (QED) is 0.730. The number of ether oxygens (including phenoxy) is 1. The van der Waals surface area contributed by atoms with Gasteiger partial charge in [0.2, 0.25) is 0 Å². The van der Waals surface area contributed by atoms with Crippen LogP contribution in [0, 0.1) is 0 Å². The van der Waals surface area contributed by atoms with Gasteiger partial charge in [0.25, 0.3) is 0 Å². The van der Waals surface area contributed by atoms with Crippen molar-refractivity contribution in [3.63, 3.8) is 0 Å². The van der Waals surface area contributed by atoms with E-state index in [4.69, 9.17) is 4.74 Å². The van der Waals surface area contributed by atoms with Crippen molar-refractivity contribution in [2.45, 2.75) is 26.4 Å². The van der Waals surface area contributed by atoms with Crippen LogP contribution in [0.15, 0.2) is 29.5 Å². The molecule has 3 aromatic heterocycles. The molecule has 0 aliphatic rings. The second-order valence-corrected chi connectivity index (χ2v) is 6.53. The molecule has 10 heteroatoms. The summed E-state index contributed by atoms with van der Waals surface area (Å²) in [5, 5.41) is 11.1. The number of anilines is 2. The van der Waals surface area contributed by atoms with Crippen molar-refractivity contribution in [1.82, 2.24) is 29.4 Å². The average Bonchev–Trinajstić information content (AvgIpc) is 3.05. The van der Waals surface area contributed by atoms with Gasteiger partial charge in [0, 0.05) is 0 Å². The van der Waals surface area contributed by atoms with Gasteiger partial charge in [-0.1, -0.05) is 0 Å². The zero-order chi connectivity index (χ0) is 16.6. The fourth-order valence-corrected chi connectivity index (χ4v) is 2.19. The summed E-state index contributed by atoms with van der Waals surface area (Å²) in [6.45, 7) is 5.38. The molecule has 0 amide bonds. The number of nitrogens with one attached hydrogen (secondary N) is 1. The van der Waals surface area contributed by atoms with Crippen LogP contribution in [0.2, 0.25) is 0 Å². The topological polar surface area (TPSA) is 99.2 Å². The summed E-state index contributed by atoms with van der Waals surface area (Å²) in [5.41, 5.74) is 0.542. The lowest BCUT2D eigenvalue weighted by molar-refractivity contribution is 0.0514. The molecule has 0 radical (unpaired) electrons. The van der Waals surface area contributed by atoms with Gasteiger partial charge < -0.3 is 10.1 Å². The molecule has 0 unspecified atom stereocenters. The van der Waals surface area contributed by atoms with Crippen LogP contribution in [0.1, 0.15) is 20.8 Å². The molecule has 0 spiro atoms. The van der Waals surface area contributed by atoms with E-state index in [-0.39, 0.29) is 0 Å². The van der Waals surface area contributed by atoms with Gasteiger partial charge in [-0.2, -0.15) is 14.9 Å². The van der Waals surface area contributed by atoms with Gasteiger partial charge in [-0.3, -0.25) is 0 Å². The van der Waals surface area contributed by atoms with Gasteiger partial charge >= 0.3 is 6.09 Å². The van der Waals surface area contributed by atoms with E-state index < -0.39 is 11.7 Å². The van der Waals surface area contributed by atoms with Crippen molar-refractivity contribution in [3.05, 3.63) is 29.5 Å². The summed E-state index contributed by atoms with van der Waals surface area (Å²) in [6.07, 6.45) is 5.58. The average molecular weight is 380 g/mol. The van der Waals surface area contributed by atoms with E-state index >= 15 is 0 Å². The SMILES string of the molecule is CC(C)(C)OC(=O)n1cc(Nc2nc(Br)cn3ncnc23)cn1. The smallest absolute Gasteiger partial charge is 0.435 e. The highest BCUT2D eigenvalue weighted by Crippen LogP contribution is 2.20. The first-order chi connectivity index (χ1) is 10.8. The van der Waals surface area contributed by atoms with Crippen LogP contribution in [0.25, 0.3) is 5.65 Å². The maximum absolute atomic E-state index is 12.0. The lowest BCUT2D eigenvalue weighted by Gasteiger charge is -2.18. The number of aromatic nitrogens is 6. The molecule has 3 aromatic rings. The number of hydrogen-bond donors (Lipinski definition) is 1. The number of halogens is 1. The van der Waals surface area contributed by atoms with Gasteiger partial charge in [-0.25, -0.2) is 19.3 Å². The molecule has 0 aromatic carbocycles. The highest BCUT2D eigenvalue weighted by molar-refractivity contribution is 9.10. The van der Waals surface area contributed by atoms with E-state index in [9.17, 15) is 4.79 Å². The van der Waals surface area contributed by atoms with Crippen molar-refractivity contribution in [2.24, 2.45) is 0 Å². The number of carbonyl (C=O) groups excluding carboxylic acids is 1. The standard InChI is InChI=1S/C13H14BrN7O2/c1-13(2,3)23-12(22)21-5-8(4-16-21)18-10-11-15-7-17-20(11)6-9(14)19-10/h4-7H,1-3H3,(H,18,19). The predicted molar refractivity (Wildman–Crippen MR) is 85.6 cm³/mol. The highest BCUT2D eigenvalue weighted by Gasteiger charge is 2.19. The number of nitrogens with zero attached hydrogens (tertiary/aromatic N) is 6. The Labute approximate surface area is 139 Å². The largest absolute Gasteiger partial charge is 0.442 e. The Balaban J connectivity index is 1.84. The number of fused-ring (bicyclic) bond motifs is 1. The minimum absolute atomic E-state index is 0.487. The van der Waals surface area contributed by atoms with E-state index in [2.05, 4.69) is 41.4 Å². The van der Waals surface area contributed by atoms with Crippen LogP contribution in [0.4, 0.5) is 16.3 Å². The van der Waals surface area contributed by atoms with Gasteiger partial charge in [0.15, 0.2) is 11.5 Å². The van der Waals surface area contributed by atoms with E-state index in [0.29, 0.717) is 21.8 Å². The minimum atomic E-state index is -0.587. The summed E-state index contributed by atoms with van der Waals surface area (Å²) < 4.78 is 8.54. The predicted octanol–water partition coefficient (Wildman–Crippen LogP) is 2.61. The van der Waals surface area contributed by atoms with Crippen LogP contribution in [-0.2, 0) is 4.74 Å².